The Kier molecular flexibility index (Phi) is 12.3. The molecule has 0 aliphatic heterocycles. The minimum absolute atomic E-state index is 0.185. The molecular formula is C23H36O4. The van der Waals surface area contributed by atoms with Crippen molar-refractivity contribution in [1.29, 1.82) is 0 Å². The van der Waals surface area contributed by atoms with E-state index in [1.54, 1.807) is 13.0 Å². The second-order valence-corrected chi connectivity index (χ2v) is 6.89. The van der Waals surface area contributed by atoms with Gasteiger partial charge in [-0.2, -0.15) is 0 Å². The molecule has 0 radical (unpaired) electrons. The number of hydrogen-bond acceptors (Lipinski definition) is 4. The van der Waals surface area contributed by atoms with Crippen LogP contribution in [0.4, 0.5) is 0 Å². The number of rotatable bonds is 16. The summed E-state index contributed by atoms with van der Waals surface area (Å²) in [5, 5.41) is 8.80. The van der Waals surface area contributed by atoms with Gasteiger partial charge < -0.3 is 14.4 Å². The van der Waals surface area contributed by atoms with Gasteiger partial charge in [-0.3, -0.25) is 0 Å². The molecular weight excluding hydrogens is 340 g/mol. The lowest BCUT2D eigenvalue weighted by Gasteiger charge is -2.20. The predicted octanol–water partition coefficient (Wildman–Crippen LogP) is 6.45. The molecule has 0 bridgehead atoms. The summed E-state index contributed by atoms with van der Waals surface area (Å²) in [5.41, 5.74) is 2.29. The van der Waals surface area contributed by atoms with Gasteiger partial charge in [-0.05, 0) is 37.0 Å². The summed E-state index contributed by atoms with van der Waals surface area (Å²) in [6.45, 7) is 12.4. The molecule has 0 aliphatic rings. The average Bonchev–Trinajstić information content (AvgIpc) is 2.68. The third-order valence-corrected chi connectivity index (χ3v) is 4.63. The molecule has 152 valence electrons. The summed E-state index contributed by atoms with van der Waals surface area (Å²) in [6.07, 6.45) is 11.1. The molecule has 1 atom stereocenters. The van der Waals surface area contributed by atoms with Gasteiger partial charge in [0, 0.05) is 0 Å². The van der Waals surface area contributed by atoms with Crippen LogP contribution in [0.25, 0.3) is 0 Å². The molecule has 1 unspecified atom stereocenters. The molecule has 0 saturated heterocycles. The number of ether oxygens (including phenoxy) is 2. The van der Waals surface area contributed by atoms with Crippen molar-refractivity contribution in [2.75, 3.05) is 6.61 Å². The Labute approximate surface area is 164 Å². The van der Waals surface area contributed by atoms with Gasteiger partial charge in [0.1, 0.15) is 5.75 Å². The maximum atomic E-state index is 8.80. The van der Waals surface area contributed by atoms with Gasteiger partial charge in [-0.15, -0.1) is 6.58 Å². The zero-order valence-corrected chi connectivity index (χ0v) is 17.0. The Hall–Kier alpha value is -1.78. The van der Waals surface area contributed by atoms with Crippen LogP contribution in [0, 0.1) is 0 Å². The Morgan fingerprint density at radius 1 is 1.15 bits per heavy atom. The van der Waals surface area contributed by atoms with Crippen LogP contribution in [-0.2, 0) is 22.7 Å². The molecule has 0 aromatic heterocycles. The summed E-state index contributed by atoms with van der Waals surface area (Å²) < 4.78 is 11.6. The Morgan fingerprint density at radius 2 is 1.85 bits per heavy atom. The van der Waals surface area contributed by atoms with Crippen LogP contribution in [0.2, 0.25) is 0 Å². The summed E-state index contributed by atoms with van der Waals surface area (Å²) in [6, 6.07) is 5.99. The molecule has 0 spiro atoms. The molecule has 0 saturated carbocycles. The van der Waals surface area contributed by atoms with E-state index in [1.165, 1.54) is 38.5 Å². The van der Waals surface area contributed by atoms with Crippen LogP contribution in [0.3, 0.4) is 0 Å². The molecule has 0 fully saturated rings. The lowest BCUT2D eigenvalue weighted by molar-refractivity contribution is -0.213. The molecule has 0 heterocycles. The first kappa shape index (κ1) is 23.3. The van der Waals surface area contributed by atoms with Crippen LogP contribution < -0.4 is 4.74 Å². The normalized spacial score (nSPS) is 11.8. The SMILES string of the molecule is C=CCOCc1cccc(OC(C)C(=C)OO)c1CCCCCCCCC. The molecule has 0 aliphatic carbocycles. The highest BCUT2D eigenvalue weighted by Gasteiger charge is 2.15. The Bertz CT molecular complexity index is 553. The molecule has 1 N–H and O–H groups in total. The summed E-state index contributed by atoms with van der Waals surface area (Å²) >= 11 is 0. The Morgan fingerprint density at radius 3 is 2.52 bits per heavy atom. The van der Waals surface area contributed by atoms with Crippen molar-refractivity contribution in [3.05, 3.63) is 54.3 Å². The van der Waals surface area contributed by atoms with E-state index in [-0.39, 0.29) is 5.76 Å². The van der Waals surface area contributed by atoms with Gasteiger partial charge in [0.05, 0.1) is 13.2 Å². The van der Waals surface area contributed by atoms with Gasteiger partial charge in [0.15, 0.2) is 11.9 Å². The summed E-state index contributed by atoms with van der Waals surface area (Å²) in [7, 11) is 0. The van der Waals surface area contributed by atoms with Crippen molar-refractivity contribution >= 4 is 0 Å². The zero-order valence-electron chi connectivity index (χ0n) is 17.0. The minimum atomic E-state index is -0.438. The fourth-order valence-corrected chi connectivity index (χ4v) is 2.98. The highest BCUT2D eigenvalue weighted by atomic mass is 17.1. The van der Waals surface area contributed by atoms with E-state index in [2.05, 4.69) is 31.0 Å². The first-order valence-electron chi connectivity index (χ1n) is 10.1. The van der Waals surface area contributed by atoms with E-state index < -0.39 is 6.10 Å². The third kappa shape index (κ3) is 9.12. The predicted molar refractivity (Wildman–Crippen MR) is 111 cm³/mol. The molecule has 4 heteroatoms. The zero-order chi connectivity index (χ0) is 19.9. The highest BCUT2D eigenvalue weighted by Crippen LogP contribution is 2.27. The van der Waals surface area contributed by atoms with E-state index in [0.717, 1.165) is 29.7 Å². The quantitative estimate of drug-likeness (QED) is 0.118. The molecule has 27 heavy (non-hydrogen) atoms. The van der Waals surface area contributed by atoms with Crippen molar-refractivity contribution < 1.29 is 19.6 Å². The fraction of sp³-hybridized carbons (Fsp3) is 0.565. The van der Waals surface area contributed by atoms with Crippen LogP contribution in [-0.4, -0.2) is 18.0 Å². The molecule has 1 aromatic rings. The van der Waals surface area contributed by atoms with Crippen molar-refractivity contribution in [2.45, 2.75) is 77.9 Å². The van der Waals surface area contributed by atoms with Gasteiger partial charge in [-0.1, -0.05) is 70.2 Å². The first-order valence-corrected chi connectivity index (χ1v) is 10.1. The Balaban J connectivity index is 2.74. The van der Waals surface area contributed by atoms with Crippen LogP contribution in [0.5, 0.6) is 5.75 Å². The smallest absolute Gasteiger partial charge is 0.175 e. The number of benzene rings is 1. The van der Waals surface area contributed by atoms with E-state index >= 15 is 0 Å². The van der Waals surface area contributed by atoms with Crippen molar-refractivity contribution in [3.63, 3.8) is 0 Å². The molecule has 1 aromatic carbocycles. The van der Waals surface area contributed by atoms with Crippen molar-refractivity contribution in [3.8, 4) is 5.75 Å². The van der Waals surface area contributed by atoms with Crippen molar-refractivity contribution in [2.24, 2.45) is 0 Å². The third-order valence-electron chi connectivity index (χ3n) is 4.63. The van der Waals surface area contributed by atoms with Gasteiger partial charge >= 0.3 is 0 Å². The van der Waals surface area contributed by atoms with E-state index in [1.807, 2.05) is 12.1 Å². The second kappa shape index (κ2) is 14.3. The maximum Gasteiger partial charge on any atom is 0.175 e. The van der Waals surface area contributed by atoms with Crippen molar-refractivity contribution in [1.82, 2.24) is 0 Å². The second-order valence-electron chi connectivity index (χ2n) is 6.89. The highest BCUT2D eigenvalue weighted by molar-refractivity contribution is 5.40. The van der Waals surface area contributed by atoms with Gasteiger partial charge in [0.25, 0.3) is 0 Å². The first-order chi connectivity index (χ1) is 13.1. The van der Waals surface area contributed by atoms with E-state index in [4.69, 9.17) is 14.7 Å². The average molecular weight is 377 g/mol. The maximum absolute atomic E-state index is 8.80. The van der Waals surface area contributed by atoms with E-state index in [0.29, 0.717) is 13.2 Å². The molecule has 0 amide bonds. The number of hydrogen-bond donors (Lipinski definition) is 1. The number of unbranched alkanes of at least 4 members (excludes halogenated alkanes) is 6. The van der Waals surface area contributed by atoms with Crippen LogP contribution >= 0.6 is 0 Å². The topological polar surface area (TPSA) is 47.9 Å². The standard InChI is InChI=1S/C23H36O4/c1-5-7-8-9-10-11-12-15-22-21(18-25-17-6-2)14-13-16-23(22)26-19(3)20(4)27-24/h6,13-14,16,19,24H,2,4-5,7-12,15,17-18H2,1,3H3. The summed E-state index contributed by atoms with van der Waals surface area (Å²) in [4.78, 5) is 4.22. The minimum Gasteiger partial charge on any atom is -0.482 e. The van der Waals surface area contributed by atoms with E-state index in [9.17, 15) is 0 Å². The van der Waals surface area contributed by atoms with Crippen LogP contribution in [0.1, 0.15) is 69.9 Å². The van der Waals surface area contributed by atoms with Gasteiger partial charge in [-0.25, -0.2) is 5.26 Å². The monoisotopic (exact) mass is 376 g/mol. The van der Waals surface area contributed by atoms with Gasteiger partial charge in [0.2, 0.25) is 0 Å². The largest absolute Gasteiger partial charge is 0.482 e. The summed E-state index contributed by atoms with van der Waals surface area (Å²) in [5.74, 6) is 0.983. The molecule has 1 rings (SSSR count). The van der Waals surface area contributed by atoms with Crippen LogP contribution in [0.15, 0.2) is 43.2 Å². The lowest BCUT2D eigenvalue weighted by atomic mass is 9.99. The lowest BCUT2D eigenvalue weighted by Crippen LogP contribution is -2.17. The fourth-order valence-electron chi connectivity index (χ4n) is 2.98. The molecule has 4 nitrogen and oxygen atoms in total.